The van der Waals surface area contributed by atoms with Gasteiger partial charge in [0.1, 0.15) is 5.82 Å². The first-order chi connectivity index (χ1) is 11.8. The Labute approximate surface area is 143 Å². The van der Waals surface area contributed by atoms with Crippen LogP contribution in [-0.2, 0) is 9.47 Å². The Bertz CT molecular complexity index is 530. The van der Waals surface area contributed by atoms with Crippen molar-refractivity contribution in [3.8, 4) is 0 Å². The third-order valence-corrected chi connectivity index (χ3v) is 5.49. The molecule has 6 heteroatoms. The molecule has 3 aliphatic rings. The number of anilines is 2. The smallest absolute Gasteiger partial charge is 0.224 e. The summed E-state index contributed by atoms with van der Waals surface area (Å²) in [6.07, 6.45) is 11.5. The first-order valence-electron chi connectivity index (χ1n) is 9.45. The van der Waals surface area contributed by atoms with Gasteiger partial charge in [-0.15, -0.1) is 0 Å². The van der Waals surface area contributed by atoms with Crippen LogP contribution in [0.25, 0.3) is 0 Å². The fourth-order valence-electron chi connectivity index (χ4n) is 4.06. The number of aromatic nitrogens is 2. The summed E-state index contributed by atoms with van der Waals surface area (Å²) in [7, 11) is 0. The van der Waals surface area contributed by atoms with Crippen LogP contribution in [0, 0.1) is 0 Å². The fourth-order valence-corrected chi connectivity index (χ4v) is 4.06. The van der Waals surface area contributed by atoms with Crippen molar-refractivity contribution >= 4 is 11.8 Å². The van der Waals surface area contributed by atoms with Crippen molar-refractivity contribution in [3.05, 3.63) is 12.3 Å². The van der Waals surface area contributed by atoms with E-state index in [-0.39, 0.29) is 5.79 Å². The summed E-state index contributed by atoms with van der Waals surface area (Å²) in [5, 5.41) is 3.55. The highest BCUT2D eigenvalue weighted by Crippen LogP contribution is 2.32. The van der Waals surface area contributed by atoms with Gasteiger partial charge in [0.15, 0.2) is 5.79 Å². The van der Waals surface area contributed by atoms with Crippen LogP contribution in [0.4, 0.5) is 11.8 Å². The summed E-state index contributed by atoms with van der Waals surface area (Å²) in [6.45, 7) is 3.28. The van der Waals surface area contributed by atoms with Gasteiger partial charge >= 0.3 is 0 Å². The molecule has 2 saturated heterocycles. The quantitative estimate of drug-likeness (QED) is 0.859. The monoisotopic (exact) mass is 332 g/mol. The van der Waals surface area contributed by atoms with Crippen molar-refractivity contribution in [3.63, 3.8) is 0 Å². The molecule has 0 unspecified atom stereocenters. The molecule has 1 aromatic rings. The maximum atomic E-state index is 5.81. The van der Waals surface area contributed by atoms with E-state index in [0.29, 0.717) is 6.04 Å². The Hall–Kier alpha value is -1.40. The van der Waals surface area contributed by atoms with E-state index in [1.54, 1.807) is 0 Å². The molecule has 2 aliphatic heterocycles. The zero-order valence-electron chi connectivity index (χ0n) is 14.4. The van der Waals surface area contributed by atoms with Gasteiger partial charge in [0, 0.05) is 38.2 Å². The van der Waals surface area contributed by atoms with Gasteiger partial charge < -0.3 is 19.7 Å². The minimum Gasteiger partial charge on any atom is -0.356 e. The van der Waals surface area contributed by atoms with Crippen LogP contribution in [0.3, 0.4) is 0 Å². The molecule has 3 fully saturated rings. The molecule has 1 aliphatic carbocycles. The highest BCUT2D eigenvalue weighted by atomic mass is 16.7. The van der Waals surface area contributed by atoms with Gasteiger partial charge in [-0.05, 0) is 18.9 Å². The Balaban J connectivity index is 1.37. The number of hydrogen-bond donors (Lipinski definition) is 1. The average Bonchev–Trinajstić information content (AvgIpc) is 2.91. The van der Waals surface area contributed by atoms with Crippen LogP contribution in [0.15, 0.2) is 12.3 Å². The molecule has 24 heavy (non-hydrogen) atoms. The largest absolute Gasteiger partial charge is 0.356 e. The number of nitrogens with zero attached hydrogens (tertiary/aromatic N) is 3. The van der Waals surface area contributed by atoms with E-state index in [1.165, 1.54) is 38.5 Å². The summed E-state index contributed by atoms with van der Waals surface area (Å²) < 4.78 is 11.6. The van der Waals surface area contributed by atoms with Crippen LogP contribution >= 0.6 is 0 Å². The summed E-state index contributed by atoms with van der Waals surface area (Å²) in [4.78, 5) is 11.5. The third kappa shape index (κ3) is 3.64. The molecular weight excluding hydrogens is 304 g/mol. The van der Waals surface area contributed by atoms with Gasteiger partial charge in [0.05, 0.1) is 13.2 Å². The second-order valence-corrected chi connectivity index (χ2v) is 7.17. The van der Waals surface area contributed by atoms with Crippen molar-refractivity contribution in [1.82, 2.24) is 9.97 Å². The predicted molar refractivity (Wildman–Crippen MR) is 93.2 cm³/mol. The van der Waals surface area contributed by atoms with Crippen molar-refractivity contribution in [2.24, 2.45) is 0 Å². The molecule has 4 rings (SSSR count). The lowest BCUT2D eigenvalue weighted by molar-refractivity contribution is -0.169. The van der Waals surface area contributed by atoms with E-state index in [9.17, 15) is 0 Å². The Morgan fingerprint density at radius 3 is 2.46 bits per heavy atom. The molecule has 0 amide bonds. The molecule has 1 spiro atoms. The minimum absolute atomic E-state index is 0.328. The topological polar surface area (TPSA) is 59.5 Å². The van der Waals surface area contributed by atoms with E-state index >= 15 is 0 Å². The van der Waals surface area contributed by atoms with Crippen molar-refractivity contribution in [2.75, 3.05) is 36.5 Å². The van der Waals surface area contributed by atoms with Gasteiger partial charge in [0.25, 0.3) is 0 Å². The summed E-state index contributed by atoms with van der Waals surface area (Å²) >= 11 is 0. The van der Waals surface area contributed by atoms with Gasteiger partial charge in [-0.25, -0.2) is 4.98 Å². The van der Waals surface area contributed by atoms with Gasteiger partial charge in [-0.2, -0.15) is 4.98 Å². The normalized spacial score (nSPS) is 24.9. The molecule has 0 aromatic carbocycles. The van der Waals surface area contributed by atoms with Crippen molar-refractivity contribution < 1.29 is 9.47 Å². The van der Waals surface area contributed by atoms with Crippen LogP contribution in [0.1, 0.15) is 51.4 Å². The van der Waals surface area contributed by atoms with Crippen LogP contribution < -0.4 is 10.2 Å². The summed E-state index contributed by atoms with van der Waals surface area (Å²) in [6, 6.07) is 2.53. The first-order valence-corrected chi connectivity index (χ1v) is 9.45. The Kier molecular flexibility index (Phi) is 4.85. The SMILES string of the molecule is c1cc(N2CCC3(CC2)OCCO3)nc(NC2CCCCCC2)n1. The Morgan fingerprint density at radius 2 is 1.75 bits per heavy atom. The number of piperidine rings is 1. The number of nitrogens with one attached hydrogen (secondary N) is 1. The van der Waals surface area contributed by atoms with Crippen LogP contribution in [-0.4, -0.2) is 48.1 Å². The van der Waals surface area contributed by atoms with Crippen LogP contribution in [0.5, 0.6) is 0 Å². The van der Waals surface area contributed by atoms with Gasteiger partial charge in [0.2, 0.25) is 5.95 Å². The lowest BCUT2D eigenvalue weighted by atomic mass is 10.0. The third-order valence-electron chi connectivity index (χ3n) is 5.49. The van der Waals surface area contributed by atoms with E-state index in [4.69, 9.17) is 14.5 Å². The molecule has 3 heterocycles. The first kappa shape index (κ1) is 16.1. The van der Waals surface area contributed by atoms with Gasteiger partial charge in [-0.3, -0.25) is 0 Å². The van der Waals surface area contributed by atoms with E-state index in [2.05, 4.69) is 15.2 Å². The molecule has 1 saturated carbocycles. The molecule has 132 valence electrons. The standard InChI is InChI=1S/C18H28N4O2/c1-2-4-6-15(5-3-1)20-17-19-10-7-16(21-17)22-11-8-18(9-12-22)23-13-14-24-18/h7,10,15H,1-6,8-9,11-14H2,(H,19,20,21). The van der Waals surface area contributed by atoms with E-state index < -0.39 is 0 Å². The summed E-state index contributed by atoms with van der Waals surface area (Å²) in [5.74, 6) is 1.45. The lowest BCUT2D eigenvalue weighted by Crippen LogP contribution is -2.45. The van der Waals surface area contributed by atoms with Gasteiger partial charge in [-0.1, -0.05) is 25.7 Å². The average molecular weight is 332 g/mol. The van der Waals surface area contributed by atoms with E-state index in [1.807, 2.05) is 12.3 Å². The highest BCUT2D eigenvalue weighted by molar-refractivity contribution is 5.43. The number of ether oxygens (including phenoxy) is 2. The minimum atomic E-state index is -0.328. The zero-order valence-corrected chi connectivity index (χ0v) is 14.4. The lowest BCUT2D eigenvalue weighted by Gasteiger charge is -2.38. The zero-order chi connectivity index (χ0) is 16.2. The summed E-state index contributed by atoms with van der Waals surface area (Å²) in [5.41, 5.74) is 0. The number of rotatable bonds is 3. The molecule has 1 N–H and O–H groups in total. The highest BCUT2D eigenvalue weighted by Gasteiger charge is 2.40. The van der Waals surface area contributed by atoms with E-state index in [0.717, 1.165) is 50.9 Å². The maximum absolute atomic E-state index is 5.81. The second-order valence-electron chi connectivity index (χ2n) is 7.17. The second kappa shape index (κ2) is 7.23. The predicted octanol–water partition coefficient (Wildman–Crippen LogP) is 2.95. The fraction of sp³-hybridized carbons (Fsp3) is 0.778. The molecule has 0 bridgehead atoms. The molecular formula is C18H28N4O2. The molecule has 6 nitrogen and oxygen atoms in total. The molecule has 0 radical (unpaired) electrons. The molecule has 0 atom stereocenters. The maximum Gasteiger partial charge on any atom is 0.224 e. The van der Waals surface area contributed by atoms with Crippen LogP contribution in [0.2, 0.25) is 0 Å². The number of hydrogen-bond acceptors (Lipinski definition) is 6. The Morgan fingerprint density at radius 1 is 1.04 bits per heavy atom. The van der Waals surface area contributed by atoms with Crippen molar-refractivity contribution in [1.29, 1.82) is 0 Å². The van der Waals surface area contributed by atoms with Crippen molar-refractivity contribution in [2.45, 2.75) is 63.2 Å². The molecule has 1 aromatic heterocycles.